The predicted molar refractivity (Wildman–Crippen MR) is 181 cm³/mol. The zero-order chi connectivity index (χ0) is 33.8. The molecule has 0 saturated heterocycles. The lowest BCUT2D eigenvalue weighted by atomic mass is 9.94. The van der Waals surface area contributed by atoms with E-state index in [-0.39, 0.29) is 17.4 Å². The summed E-state index contributed by atoms with van der Waals surface area (Å²) in [5, 5.41) is 5.29. The van der Waals surface area contributed by atoms with E-state index in [0.717, 1.165) is 61.7 Å². The molecule has 3 aromatic heterocycles. The molecule has 0 radical (unpaired) electrons. The Labute approximate surface area is 279 Å². The molecule has 0 spiro atoms. The molecule has 8 nitrogen and oxygen atoms in total. The highest BCUT2D eigenvalue weighted by Gasteiger charge is 2.48. The Morgan fingerprint density at radius 2 is 1.74 bits per heavy atom. The quantitative estimate of drug-likeness (QED) is 0.211. The van der Waals surface area contributed by atoms with Crippen LogP contribution in [0.4, 0.5) is 24.8 Å². The molecule has 47 heavy (non-hydrogen) atoms. The third-order valence-corrected chi connectivity index (χ3v) is 8.58. The molecular formula is C35H43F3N6O2S. The zero-order valence-corrected chi connectivity index (χ0v) is 28.6. The van der Waals surface area contributed by atoms with E-state index in [4.69, 9.17) is 19.4 Å². The summed E-state index contributed by atoms with van der Waals surface area (Å²) < 4.78 is 57.1. The van der Waals surface area contributed by atoms with Crippen LogP contribution in [-0.2, 0) is 4.74 Å². The molecule has 0 fully saturated rings. The highest BCUT2D eigenvalue weighted by molar-refractivity contribution is 8.00. The molecule has 4 heterocycles. The second-order valence-electron chi connectivity index (χ2n) is 13.7. The normalized spacial score (nSPS) is 16.6. The second kappa shape index (κ2) is 14.1. The molecule has 0 amide bonds. The average Bonchev–Trinajstić information content (AvgIpc) is 3.49. The van der Waals surface area contributed by atoms with E-state index in [0.29, 0.717) is 23.8 Å². The first-order valence-corrected chi connectivity index (χ1v) is 16.6. The van der Waals surface area contributed by atoms with E-state index < -0.39 is 18.2 Å². The van der Waals surface area contributed by atoms with Gasteiger partial charge in [-0.1, -0.05) is 51.1 Å². The van der Waals surface area contributed by atoms with E-state index in [9.17, 15) is 13.2 Å². The summed E-state index contributed by atoms with van der Waals surface area (Å²) >= 11 is 1.38. The fraction of sp³-hybridized carbons (Fsp3) is 0.457. The maximum absolute atomic E-state index is 13.4. The van der Waals surface area contributed by atoms with Gasteiger partial charge in [-0.3, -0.25) is 0 Å². The molecule has 12 heteroatoms. The number of alkyl halides is 3. The number of hydrogen-bond donors (Lipinski definition) is 1. The van der Waals surface area contributed by atoms with Gasteiger partial charge in [-0.2, -0.15) is 13.2 Å². The van der Waals surface area contributed by atoms with Crippen molar-refractivity contribution in [3.8, 4) is 22.8 Å². The molecule has 252 valence electrons. The fourth-order valence-electron chi connectivity index (χ4n) is 5.16. The van der Waals surface area contributed by atoms with Crippen molar-refractivity contribution in [1.82, 2.24) is 19.7 Å². The average molecular weight is 669 g/mol. The van der Waals surface area contributed by atoms with Crippen molar-refractivity contribution < 1.29 is 22.6 Å². The van der Waals surface area contributed by atoms with Gasteiger partial charge in [-0.25, -0.2) is 14.6 Å². The number of hydrogen-bond acceptors (Lipinski definition) is 8. The van der Waals surface area contributed by atoms with Gasteiger partial charge in [0.15, 0.2) is 0 Å². The Morgan fingerprint density at radius 3 is 2.51 bits per heavy atom. The van der Waals surface area contributed by atoms with Gasteiger partial charge in [0.2, 0.25) is 5.88 Å². The van der Waals surface area contributed by atoms with Crippen molar-refractivity contribution in [2.45, 2.75) is 71.7 Å². The molecule has 1 aliphatic heterocycles. The topological polar surface area (TPSA) is 77.3 Å². The van der Waals surface area contributed by atoms with E-state index >= 15 is 0 Å². The zero-order valence-electron chi connectivity index (χ0n) is 27.8. The third kappa shape index (κ3) is 8.78. The number of halogens is 3. The minimum atomic E-state index is -4.41. The van der Waals surface area contributed by atoms with Crippen LogP contribution in [0.25, 0.3) is 16.9 Å². The van der Waals surface area contributed by atoms with Gasteiger partial charge in [0.05, 0.1) is 22.9 Å². The van der Waals surface area contributed by atoms with Gasteiger partial charge in [0.25, 0.3) is 0 Å². The maximum Gasteiger partial charge on any atom is 0.397 e. The largest absolute Gasteiger partial charge is 0.476 e. The Bertz CT molecular complexity index is 1650. The number of fused-ring (bicyclic) bond motifs is 6. The fourth-order valence-corrected chi connectivity index (χ4v) is 5.77. The molecule has 1 unspecified atom stereocenters. The van der Waals surface area contributed by atoms with E-state index in [1.807, 2.05) is 55.5 Å². The van der Waals surface area contributed by atoms with Gasteiger partial charge in [0, 0.05) is 49.5 Å². The molecule has 1 N–H and O–H groups in total. The summed E-state index contributed by atoms with van der Waals surface area (Å²) in [4.78, 5) is 12.3. The summed E-state index contributed by atoms with van der Waals surface area (Å²) in [5.41, 5.74) is 1.17. The molecule has 0 saturated carbocycles. The van der Waals surface area contributed by atoms with E-state index in [1.165, 1.54) is 11.9 Å². The van der Waals surface area contributed by atoms with Crippen molar-refractivity contribution >= 4 is 23.6 Å². The van der Waals surface area contributed by atoms with Gasteiger partial charge in [-0.05, 0) is 68.9 Å². The lowest BCUT2D eigenvalue weighted by Crippen LogP contribution is -2.37. The van der Waals surface area contributed by atoms with Gasteiger partial charge < -0.3 is 19.1 Å². The van der Waals surface area contributed by atoms with Gasteiger partial charge >= 0.3 is 6.18 Å². The maximum atomic E-state index is 13.4. The van der Waals surface area contributed by atoms with Crippen LogP contribution in [0.2, 0.25) is 0 Å². The Morgan fingerprint density at radius 1 is 0.957 bits per heavy atom. The monoisotopic (exact) mass is 668 g/mol. The van der Waals surface area contributed by atoms with Crippen molar-refractivity contribution in [1.29, 1.82) is 0 Å². The second-order valence-corrected chi connectivity index (χ2v) is 14.5. The molecule has 0 aliphatic carbocycles. The van der Waals surface area contributed by atoms with Crippen LogP contribution in [0.5, 0.6) is 5.88 Å². The first-order valence-electron chi connectivity index (χ1n) is 15.8. The first-order chi connectivity index (χ1) is 22.2. The number of nitrogens with one attached hydrogen (secondary N) is 1. The summed E-state index contributed by atoms with van der Waals surface area (Å²) in [6.45, 7) is 12.7. The number of anilines is 2. The Balaban J connectivity index is 1.50. The summed E-state index contributed by atoms with van der Waals surface area (Å²) in [6, 6.07) is 19.3. The van der Waals surface area contributed by atoms with Crippen LogP contribution in [-0.4, -0.2) is 52.2 Å². The molecule has 1 aromatic carbocycles. The van der Waals surface area contributed by atoms with Crippen LogP contribution < -0.4 is 14.4 Å². The number of ether oxygens (including phenoxy) is 2. The molecule has 5 rings (SSSR count). The lowest BCUT2D eigenvalue weighted by Gasteiger charge is -2.31. The Hall–Kier alpha value is -3.77. The van der Waals surface area contributed by atoms with Crippen LogP contribution in [0, 0.1) is 10.8 Å². The number of nitrogens with zero attached hydrogens (tertiary/aromatic N) is 5. The van der Waals surface area contributed by atoms with Crippen LogP contribution in [0.15, 0.2) is 71.9 Å². The highest BCUT2D eigenvalue weighted by atomic mass is 32.2. The molecule has 1 aliphatic rings. The molecular weight excluding hydrogens is 625 g/mol. The molecule has 4 bridgehead atoms. The van der Waals surface area contributed by atoms with Crippen LogP contribution in [0.3, 0.4) is 0 Å². The van der Waals surface area contributed by atoms with Crippen molar-refractivity contribution in [3.05, 3.63) is 72.4 Å². The van der Waals surface area contributed by atoms with Gasteiger partial charge in [-0.15, -0.1) is 5.10 Å². The number of aromatic nitrogens is 4. The van der Waals surface area contributed by atoms with Crippen LogP contribution in [0.1, 0.15) is 66.1 Å². The predicted octanol–water partition coefficient (Wildman–Crippen LogP) is 9.14. The van der Waals surface area contributed by atoms with Gasteiger partial charge in [0.1, 0.15) is 23.3 Å². The molecule has 1 atom stereocenters. The summed E-state index contributed by atoms with van der Waals surface area (Å²) in [7, 11) is 0. The number of pyridine rings is 2. The minimum Gasteiger partial charge on any atom is -0.476 e. The van der Waals surface area contributed by atoms with E-state index in [1.54, 1.807) is 16.9 Å². The molecule has 4 aromatic rings. The number of benzene rings is 1. The third-order valence-electron chi connectivity index (χ3n) is 7.84. The number of rotatable bonds is 5. The van der Waals surface area contributed by atoms with Crippen molar-refractivity contribution in [2.24, 2.45) is 10.8 Å². The summed E-state index contributed by atoms with van der Waals surface area (Å²) in [6.07, 6.45) is -1.11. The van der Waals surface area contributed by atoms with Crippen LogP contribution >= 0.6 is 11.9 Å². The summed E-state index contributed by atoms with van der Waals surface area (Å²) in [5.74, 6) is 1.63. The smallest absolute Gasteiger partial charge is 0.397 e. The van der Waals surface area contributed by atoms with E-state index in [2.05, 4.69) is 41.6 Å². The lowest BCUT2D eigenvalue weighted by molar-refractivity contribution is -0.219. The minimum absolute atomic E-state index is 0.0907. The standard InChI is InChI=1S/C35H43F3N6O2S/c1-24-25-12-7-8-13-26(25)32-27(44-20-18-30(41-44)46-23-34(5,6)35(36,37)38)16-17-28(39-32)42-47-31-15-11-14-29(40-31)43(22-33(2,3)4)19-9-10-21-45-24/h7-8,11-18,20,24H,9-10,19,21-23H2,1-6H3,(H,39,42). The Kier molecular flexibility index (Phi) is 10.4. The SMILES string of the molecule is CC1OCCCCN(CC(C)(C)C)c2cccc(n2)SNc2ccc(-n3ccc(OCC(C)(C)C(F)(F)F)n3)c(n2)-c2ccccc21. The first kappa shape index (κ1) is 34.6. The highest BCUT2D eigenvalue weighted by Crippen LogP contribution is 2.38. The van der Waals surface area contributed by atoms with Crippen molar-refractivity contribution in [2.75, 3.05) is 35.9 Å². The van der Waals surface area contributed by atoms with Crippen molar-refractivity contribution in [3.63, 3.8) is 0 Å².